The Hall–Kier alpha value is -4.49. The van der Waals surface area contributed by atoms with Crippen LogP contribution in [-0.4, -0.2) is 5.71 Å². The highest BCUT2D eigenvalue weighted by Gasteiger charge is 2.17. The number of rotatable bonds is 3. The Bertz CT molecular complexity index is 1650. The molecule has 1 aliphatic carbocycles. The minimum absolute atomic E-state index is 0.462. The molecule has 160 valence electrons. The summed E-state index contributed by atoms with van der Waals surface area (Å²) >= 11 is 0. The summed E-state index contributed by atoms with van der Waals surface area (Å²) in [7, 11) is 0. The molecule has 0 bridgehead atoms. The van der Waals surface area contributed by atoms with Gasteiger partial charge in [-0.15, -0.1) is 0 Å². The van der Waals surface area contributed by atoms with Gasteiger partial charge in [-0.2, -0.15) is 0 Å². The van der Waals surface area contributed by atoms with Crippen LogP contribution in [0.1, 0.15) is 5.56 Å². The first-order valence-electron chi connectivity index (χ1n) is 11.5. The minimum Gasteiger partial charge on any atom is -0.300 e. The lowest BCUT2D eigenvalue weighted by molar-refractivity contribution is 1.50. The zero-order valence-electron chi connectivity index (χ0n) is 18.8. The highest BCUT2D eigenvalue weighted by molar-refractivity contribution is 6.22. The van der Waals surface area contributed by atoms with Crippen LogP contribution in [0, 0.1) is 5.41 Å². The van der Waals surface area contributed by atoms with Gasteiger partial charge in [-0.3, -0.25) is 0 Å². The molecule has 0 heterocycles. The van der Waals surface area contributed by atoms with Gasteiger partial charge in [0.05, 0.1) is 5.71 Å². The molecule has 0 saturated carbocycles. The normalized spacial score (nSPS) is 13.5. The van der Waals surface area contributed by atoms with Gasteiger partial charge in [0.2, 0.25) is 0 Å². The van der Waals surface area contributed by atoms with Gasteiger partial charge in [0, 0.05) is 0 Å². The van der Waals surface area contributed by atoms with E-state index in [4.69, 9.17) is 5.41 Å². The summed E-state index contributed by atoms with van der Waals surface area (Å²) in [6.07, 6.45) is 5.89. The molecule has 0 unspecified atom stereocenters. The van der Waals surface area contributed by atoms with Gasteiger partial charge in [-0.05, 0) is 72.7 Å². The molecular formula is C33H23N. The van der Waals surface area contributed by atoms with Crippen LogP contribution >= 0.6 is 0 Å². The lowest BCUT2D eigenvalue weighted by Gasteiger charge is -2.19. The fourth-order valence-corrected chi connectivity index (χ4v) is 4.95. The van der Waals surface area contributed by atoms with Crippen LogP contribution < -0.4 is 0 Å². The Kier molecular flexibility index (Phi) is 4.82. The first-order valence-corrected chi connectivity index (χ1v) is 11.5. The van der Waals surface area contributed by atoms with Gasteiger partial charge in [0.25, 0.3) is 0 Å². The second kappa shape index (κ2) is 8.13. The summed E-state index contributed by atoms with van der Waals surface area (Å²) in [6.45, 7) is 3.95. The average Bonchev–Trinajstić information content (AvgIpc) is 2.89. The van der Waals surface area contributed by atoms with E-state index in [0.29, 0.717) is 5.71 Å². The molecule has 34 heavy (non-hydrogen) atoms. The number of hydrogen-bond donors (Lipinski definition) is 1. The van der Waals surface area contributed by atoms with E-state index in [2.05, 4.69) is 116 Å². The van der Waals surface area contributed by atoms with Crippen molar-refractivity contribution in [2.45, 2.75) is 0 Å². The van der Waals surface area contributed by atoms with Crippen molar-refractivity contribution in [3.05, 3.63) is 139 Å². The van der Waals surface area contributed by atoms with E-state index in [1.54, 1.807) is 0 Å². The molecule has 1 heteroatoms. The number of allylic oxidation sites excluding steroid dienone is 5. The monoisotopic (exact) mass is 433 g/mol. The van der Waals surface area contributed by atoms with Crippen LogP contribution in [-0.2, 0) is 0 Å². The topological polar surface area (TPSA) is 23.9 Å². The van der Waals surface area contributed by atoms with Crippen molar-refractivity contribution in [2.24, 2.45) is 0 Å². The second-order valence-corrected chi connectivity index (χ2v) is 8.66. The van der Waals surface area contributed by atoms with E-state index in [9.17, 15) is 0 Å². The Balaban J connectivity index is 1.75. The Morgan fingerprint density at radius 1 is 0.500 bits per heavy atom. The summed E-state index contributed by atoms with van der Waals surface area (Å²) in [6, 6.07) is 36.7. The van der Waals surface area contributed by atoms with Crippen molar-refractivity contribution in [1.29, 1.82) is 5.41 Å². The van der Waals surface area contributed by atoms with Crippen molar-refractivity contribution < 1.29 is 0 Å². The summed E-state index contributed by atoms with van der Waals surface area (Å²) in [4.78, 5) is 0. The summed E-state index contributed by atoms with van der Waals surface area (Å²) < 4.78 is 0. The van der Waals surface area contributed by atoms with Gasteiger partial charge >= 0.3 is 0 Å². The van der Waals surface area contributed by atoms with Gasteiger partial charge < -0.3 is 5.41 Å². The van der Waals surface area contributed by atoms with Crippen molar-refractivity contribution in [3.63, 3.8) is 0 Å². The molecule has 0 amide bonds. The zero-order valence-corrected chi connectivity index (χ0v) is 18.8. The van der Waals surface area contributed by atoms with E-state index >= 15 is 0 Å². The number of benzene rings is 5. The Morgan fingerprint density at radius 3 is 1.62 bits per heavy atom. The average molecular weight is 434 g/mol. The molecule has 0 atom stereocenters. The molecule has 0 spiro atoms. The number of nitrogens with one attached hydrogen (secondary N) is 1. The minimum atomic E-state index is 0.462. The SMILES string of the molecule is C=C1C=CC(c2ccc3c(-c4ccccc4)c4ccccc4c(-c4ccccc4)c3c2)=CC1=N. The van der Waals surface area contributed by atoms with Gasteiger partial charge in [-0.1, -0.05) is 116 Å². The first-order chi connectivity index (χ1) is 16.7. The second-order valence-electron chi connectivity index (χ2n) is 8.66. The Labute approximate surface area is 199 Å². The fourth-order valence-electron chi connectivity index (χ4n) is 4.95. The molecule has 5 aromatic rings. The first kappa shape index (κ1) is 20.1. The van der Waals surface area contributed by atoms with Crippen LogP contribution in [0.3, 0.4) is 0 Å². The molecule has 1 nitrogen and oxygen atoms in total. The smallest absolute Gasteiger partial charge is 0.0612 e. The van der Waals surface area contributed by atoms with Crippen LogP contribution in [0.5, 0.6) is 0 Å². The third kappa shape index (κ3) is 3.30. The van der Waals surface area contributed by atoms with Crippen LogP contribution in [0.4, 0.5) is 0 Å². The molecule has 0 aliphatic heterocycles. The van der Waals surface area contributed by atoms with Crippen molar-refractivity contribution in [3.8, 4) is 22.3 Å². The predicted molar refractivity (Wildman–Crippen MR) is 146 cm³/mol. The maximum atomic E-state index is 8.24. The Morgan fingerprint density at radius 2 is 1.03 bits per heavy atom. The molecular weight excluding hydrogens is 410 g/mol. The van der Waals surface area contributed by atoms with E-state index in [1.165, 1.54) is 43.8 Å². The van der Waals surface area contributed by atoms with Crippen molar-refractivity contribution in [2.75, 3.05) is 0 Å². The summed E-state index contributed by atoms with van der Waals surface area (Å²) in [5.41, 5.74) is 8.26. The number of hydrogen-bond acceptors (Lipinski definition) is 1. The molecule has 0 aromatic heterocycles. The standard InChI is InChI=1S/C33H23N/c1-22-16-17-26(21-31(22)34)25-18-19-29-30(20-25)33(24-12-6-3-7-13-24)28-15-9-8-14-27(28)32(29)23-10-4-2-5-11-23/h2-21,34H,1H2. The lowest BCUT2D eigenvalue weighted by Crippen LogP contribution is -2.00. The van der Waals surface area contributed by atoms with Gasteiger partial charge in [-0.25, -0.2) is 0 Å². The van der Waals surface area contributed by atoms with E-state index < -0.39 is 0 Å². The molecule has 6 rings (SSSR count). The summed E-state index contributed by atoms with van der Waals surface area (Å²) in [5, 5.41) is 13.2. The lowest BCUT2D eigenvalue weighted by atomic mass is 9.84. The summed E-state index contributed by atoms with van der Waals surface area (Å²) in [5.74, 6) is 0. The highest BCUT2D eigenvalue weighted by Crippen LogP contribution is 2.44. The molecule has 0 fully saturated rings. The molecule has 1 N–H and O–H groups in total. The zero-order chi connectivity index (χ0) is 23.1. The molecule has 5 aromatic carbocycles. The molecule has 0 radical (unpaired) electrons. The third-order valence-electron chi connectivity index (χ3n) is 6.59. The predicted octanol–water partition coefficient (Wildman–Crippen LogP) is 8.86. The molecule has 1 aliphatic rings. The van der Waals surface area contributed by atoms with Crippen molar-refractivity contribution in [1.82, 2.24) is 0 Å². The maximum Gasteiger partial charge on any atom is 0.0612 e. The van der Waals surface area contributed by atoms with Gasteiger partial charge in [0.1, 0.15) is 0 Å². The van der Waals surface area contributed by atoms with E-state index in [-0.39, 0.29) is 0 Å². The van der Waals surface area contributed by atoms with E-state index in [0.717, 1.165) is 16.7 Å². The van der Waals surface area contributed by atoms with E-state index in [1.807, 2.05) is 12.2 Å². The quantitative estimate of drug-likeness (QED) is 0.275. The largest absolute Gasteiger partial charge is 0.300 e. The van der Waals surface area contributed by atoms with Gasteiger partial charge in [0.15, 0.2) is 0 Å². The maximum absolute atomic E-state index is 8.24. The third-order valence-corrected chi connectivity index (χ3v) is 6.59. The molecule has 0 saturated heterocycles. The van der Waals surface area contributed by atoms with Crippen molar-refractivity contribution >= 4 is 32.8 Å². The van der Waals surface area contributed by atoms with Crippen LogP contribution in [0.2, 0.25) is 0 Å². The highest BCUT2D eigenvalue weighted by atomic mass is 14.4. The van der Waals surface area contributed by atoms with Crippen LogP contribution in [0.15, 0.2) is 134 Å². The van der Waals surface area contributed by atoms with Crippen LogP contribution in [0.25, 0.3) is 49.4 Å². The fraction of sp³-hybridized carbons (Fsp3) is 0. The number of fused-ring (bicyclic) bond motifs is 2.